The Bertz CT molecular complexity index is 1610. The number of hydrogen-bond acceptors (Lipinski definition) is 6. The van der Waals surface area contributed by atoms with Crippen molar-refractivity contribution in [3.8, 4) is 11.1 Å². The van der Waals surface area contributed by atoms with Crippen LogP contribution < -0.4 is 5.32 Å². The number of ether oxygens (including phenoxy) is 2. The summed E-state index contributed by atoms with van der Waals surface area (Å²) in [6, 6.07) is 22.5. The molecule has 2 N–H and O–H groups in total. The van der Waals surface area contributed by atoms with Gasteiger partial charge in [-0.05, 0) is 72.7 Å². The second-order valence-electron chi connectivity index (χ2n) is 14.1. The fraction of sp³-hybridized carbons (Fsp3) is 0.500. The highest BCUT2D eigenvalue weighted by Crippen LogP contribution is 2.42. The summed E-state index contributed by atoms with van der Waals surface area (Å²) in [6.45, 7) is 5.20. The number of hydrogen-bond donors (Lipinski definition) is 2. The smallest absolute Gasteiger partial charge is 0.392 e. The molecule has 11 heteroatoms. The van der Waals surface area contributed by atoms with Crippen molar-refractivity contribution in [2.75, 3.05) is 26.2 Å². The number of alkyl halides is 3. The monoisotopic (exact) mass is 707 g/mol. The molecule has 0 aromatic heterocycles. The van der Waals surface area contributed by atoms with E-state index in [1.54, 1.807) is 0 Å². The molecule has 0 radical (unpaired) electrons. The Kier molecular flexibility index (Phi) is 12.1. The first kappa shape index (κ1) is 37.0. The van der Waals surface area contributed by atoms with E-state index in [1.807, 2.05) is 72.8 Å². The maximum atomic E-state index is 13.0. The molecular formula is C40H48F3N3O5. The zero-order chi connectivity index (χ0) is 36.0. The molecule has 3 aromatic carbocycles. The van der Waals surface area contributed by atoms with Crippen molar-refractivity contribution in [3.05, 3.63) is 95.1 Å². The molecule has 51 heavy (non-hydrogen) atoms. The standard InChI is InChI=1S/C40H48F3N3O5/c1-27-35(25-45-20-5-3-2-4-6-21-45)50-38(51-36(27)31-14-12-28(26-47)13-15-31)32-18-16-30(17-19-32)33-10-7-9-29(23-33)24-44-37(48)34-11-8-22-46(34)39(49)40(41,42)43/h7,9-10,12-19,23,27,34-36,38,47H,2-6,8,11,20-22,24-26H2,1H3,(H,44,48). The van der Waals surface area contributed by atoms with E-state index in [0.717, 1.165) is 53.0 Å². The molecule has 3 aliphatic heterocycles. The first-order valence-electron chi connectivity index (χ1n) is 18.2. The lowest BCUT2D eigenvalue weighted by atomic mass is 9.89. The number of carbonyl (C=O) groups excluding carboxylic acids is 2. The van der Waals surface area contributed by atoms with E-state index >= 15 is 0 Å². The second-order valence-corrected chi connectivity index (χ2v) is 14.1. The summed E-state index contributed by atoms with van der Waals surface area (Å²) in [4.78, 5) is 27.8. The Morgan fingerprint density at radius 1 is 0.824 bits per heavy atom. The van der Waals surface area contributed by atoms with E-state index in [1.165, 1.54) is 32.1 Å². The summed E-state index contributed by atoms with van der Waals surface area (Å²) in [5.74, 6) is -2.45. The number of halogens is 3. The molecular weight excluding hydrogens is 659 g/mol. The average Bonchev–Trinajstić information content (AvgIpc) is 3.62. The van der Waals surface area contributed by atoms with Gasteiger partial charge in [-0.2, -0.15) is 13.2 Å². The molecule has 2 amide bonds. The summed E-state index contributed by atoms with van der Waals surface area (Å²) in [6.07, 6.45) is 0.961. The predicted molar refractivity (Wildman–Crippen MR) is 187 cm³/mol. The summed E-state index contributed by atoms with van der Waals surface area (Å²) >= 11 is 0. The van der Waals surface area contributed by atoms with Crippen LogP contribution in [0, 0.1) is 5.92 Å². The summed E-state index contributed by atoms with van der Waals surface area (Å²) < 4.78 is 52.5. The van der Waals surface area contributed by atoms with Crippen LogP contribution in [0.15, 0.2) is 72.8 Å². The lowest BCUT2D eigenvalue weighted by Gasteiger charge is -2.43. The third kappa shape index (κ3) is 9.18. The normalized spacial score (nSPS) is 24.9. The van der Waals surface area contributed by atoms with Gasteiger partial charge in [0.2, 0.25) is 5.91 Å². The molecule has 3 fully saturated rings. The molecule has 3 aliphatic rings. The first-order valence-corrected chi connectivity index (χ1v) is 18.2. The fourth-order valence-corrected chi connectivity index (χ4v) is 7.52. The highest BCUT2D eigenvalue weighted by molar-refractivity contribution is 5.90. The van der Waals surface area contributed by atoms with Crippen LogP contribution in [0.3, 0.4) is 0 Å². The van der Waals surface area contributed by atoms with E-state index in [4.69, 9.17) is 9.47 Å². The van der Waals surface area contributed by atoms with Gasteiger partial charge in [-0.1, -0.05) is 92.9 Å². The molecule has 0 saturated carbocycles. The fourth-order valence-electron chi connectivity index (χ4n) is 7.52. The van der Waals surface area contributed by atoms with Gasteiger partial charge in [0.15, 0.2) is 6.29 Å². The number of carbonyl (C=O) groups is 2. The number of benzene rings is 3. The van der Waals surface area contributed by atoms with Gasteiger partial charge >= 0.3 is 12.1 Å². The SMILES string of the molecule is CC1C(CN2CCCCCCC2)OC(c2ccc(-c3cccc(CNC(=O)C4CCCN4C(=O)C(F)(F)F)c3)cc2)OC1c1ccc(CO)cc1. The largest absolute Gasteiger partial charge is 0.471 e. The Hall–Kier alpha value is -3.77. The van der Waals surface area contributed by atoms with Gasteiger partial charge in [0.05, 0.1) is 18.8 Å². The van der Waals surface area contributed by atoms with Crippen LogP contribution in [0.2, 0.25) is 0 Å². The summed E-state index contributed by atoms with van der Waals surface area (Å²) in [5.41, 5.74) is 5.46. The maximum Gasteiger partial charge on any atom is 0.471 e. The van der Waals surface area contributed by atoms with Gasteiger partial charge in [-0.15, -0.1) is 0 Å². The average molecular weight is 708 g/mol. The van der Waals surface area contributed by atoms with Gasteiger partial charge in [0.1, 0.15) is 6.04 Å². The van der Waals surface area contributed by atoms with Crippen molar-refractivity contribution in [1.29, 1.82) is 0 Å². The van der Waals surface area contributed by atoms with Crippen molar-refractivity contribution in [2.45, 2.75) is 95.7 Å². The van der Waals surface area contributed by atoms with Crippen LogP contribution in [0.25, 0.3) is 11.1 Å². The minimum atomic E-state index is -5.01. The van der Waals surface area contributed by atoms with Crippen LogP contribution in [0.4, 0.5) is 13.2 Å². The number of likely N-dealkylation sites (tertiary alicyclic amines) is 2. The van der Waals surface area contributed by atoms with E-state index in [0.29, 0.717) is 11.3 Å². The molecule has 3 saturated heterocycles. The third-order valence-electron chi connectivity index (χ3n) is 10.5. The van der Waals surface area contributed by atoms with Crippen molar-refractivity contribution >= 4 is 11.8 Å². The molecule has 0 spiro atoms. The topological polar surface area (TPSA) is 91.3 Å². The Labute approximate surface area is 297 Å². The summed E-state index contributed by atoms with van der Waals surface area (Å²) in [5, 5.41) is 12.3. The number of rotatable bonds is 9. The molecule has 5 unspecified atom stereocenters. The third-order valence-corrected chi connectivity index (χ3v) is 10.5. The number of nitrogens with zero attached hydrogens (tertiary/aromatic N) is 2. The predicted octanol–water partition coefficient (Wildman–Crippen LogP) is 7.07. The molecule has 8 nitrogen and oxygen atoms in total. The van der Waals surface area contributed by atoms with Crippen LogP contribution in [-0.2, 0) is 32.2 Å². The first-order chi connectivity index (χ1) is 24.6. The molecule has 5 atom stereocenters. The van der Waals surface area contributed by atoms with Crippen LogP contribution >= 0.6 is 0 Å². The van der Waals surface area contributed by atoms with Gasteiger partial charge in [-0.25, -0.2) is 0 Å². The Morgan fingerprint density at radius 2 is 1.51 bits per heavy atom. The van der Waals surface area contributed by atoms with Gasteiger partial charge in [-0.3, -0.25) is 9.59 Å². The molecule has 6 rings (SSSR count). The van der Waals surface area contributed by atoms with E-state index in [9.17, 15) is 27.9 Å². The van der Waals surface area contributed by atoms with Crippen LogP contribution in [0.1, 0.15) is 86.5 Å². The molecule has 0 aliphatic carbocycles. The quantitative estimate of drug-likeness (QED) is 0.247. The Morgan fingerprint density at radius 3 is 2.20 bits per heavy atom. The molecule has 0 bridgehead atoms. The molecule has 274 valence electrons. The lowest BCUT2D eigenvalue weighted by molar-refractivity contribution is -0.276. The second kappa shape index (κ2) is 16.7. The minimum Gasteiger partial charge on any atom is -0.392 e. The minimum absolute atomic E-state index is 0.0126. The van der Waals surface area contributed by atoms with Crippen LogP contribution in [0.5, 0.6) is 0 Å². The zero-order valence-electron chi connectivity index (χ0n) is 29.1. The highest BCUT2D eigenvalue weighted by atomic mass is 19.4. The van der Waals surface area contributed by atoms with Crippen molar-refractivity contribution in [2.24, 2.45) is 5.92 Å². The lowest BCUT2D eigenvalue weighted by Crippen LogP contribution is -2.50. The van der Waals surface area contributed by atoms with E-state index < -0.39 is 30.3 Å². The number of aliphatic hydroxyl groups excluding tert-OH is 1. The number of nitrogens with one attached hydrogen (secondary N) is 1. The molecule has 3 heterocycles. The van der Waals surface area contributed by atoms with Crippen molar-refractivity contribution < 1.29 is 37.3 Å². The van der Waals surface area contributed by atoms with Crippen molar-refractivity contribution in [3.63, 3.8) is 0 Å². The van der Waals surface area contributed by atoms with Gasteiger partial charge in [0, 0.05) is 31.1 Å². The van der Waals surface area contributed by atoms with Gasteiger partial charge in [0.25, 0.3) is 0 Å². The van der Waals surface area contributed by atoms with Gasteiger partial charge < -0.3 is 29.7 Å². The molecule has 3 aromatic rings. The van der Waals surface area contributed by atoms with E-state index in [-0.39, 0.29) is 44.2 Å². The van der Waals surface area contributed by atoms with Crippen LogP contribution in [-0.4, -0.2) is 71.2 Å². The number of aliphatic hydroxyl groups is 1. The summed E-state index contributed by atoms with van der Waals surface area (Å²) in [7, 11) is 0. The maximum absolute atomic E-state index is 13.0. The van der Waals surface area contributed by atoms with E-state index in [2.05, 4.69) is 17.1 Å². The van der Waals surface area contributed by atoms with Crippen molar-refractivity contribution in [1.82, 2.24) is 15.1 Å². The highest BCUT2D eigenvalue weighted by Gasteiger charge is 2.47. The number of amides is 2. The Balaban J connectivity index is 1.14. The zero-order valence-corrected chi connectivity index (χ0v) is 29.1.